The van der Waals surface area contributed by atoms with Gasteiger partial charge in [-0.05, 0) is 12.8 Å². The highest BCUT2D eigenvalue weighted by Gasteiger charge is 2.22. The first-order chi connectivity index (χ1) is 9.83. The van der Waals surface area contributed by atoms with E-state index in [1.807, 2.05) is 0 Å². The molecule has 0 aromatic carbocycles. The zero-order chi connectivity index (χ0) is 13.8. The maximum atomic E-state index is 6.12. The summed E-state index contributed by atoms with van der Waals surface area (Å²) in [6, 6.07) is -0.275. The van der Waals surface area contributed by atoms with E-state index in [0.29, 0.717) is 18.2 Å². The molecule has 6 nitrogen and oxygen atoms in total. The molecule has 2 heterocycles. The van der Waals surface area contributed by atoms with Gasteiger partial charge in [0.1, 0.15) is 0 Å². The van der Waals surface area contributed by atoms with Gasteiger partial charge in [-0.2, -0.15) is 4.98 Å². The van der Waals surface area contributed by atoms with E-state index in [9.17, 15) is 0 Å². The van der Waals surface area contributed by atoms with Gasteiger partial charge in [-0.3, -0.25) is 0 Å². The number of hydrogen-bond acceptors (Lipinski definition) is 5. The minimum Gasteiger partial charge on any atom is -0.348 e. The molecule has 0 spiro atoms. The van der Waals surface area contributed by atoms with Gasteiger partial charge in [0.2, 0.25) is 5.89 Å². The molecule has 0 bridgehead atoms. The van der Waals surface area contributed by atoms with E-state index in [1.165, 1.54) is 25.7 Å². The molecule has 1 aliphatic rings. The zero-order valence-electron chi connectivity index (χ0n) is 11.6. The van der Waals surface area contributed by atoms with E-state index in [0.717, 1.165) is 24.4 Å². The minimum atomic E-state index is -0.275. The molecule has 1 saturated carbocycles. The molecule has 0 saturated heterocycles. The Morgan fingerprint density at radius 1 is 1.30 bits per heavy atom. The van der Waals surface area contributed by atoms with Crippen LogP contribution in [0.5, 0.6) is 0 Å². The van der Waals surface area contributed by atoms with Gasteiger partial charge in [-0.1, -0.05) is 30.8 Å². The van der Waals surface area contributed by atoms with E-state index >= 15 is 0 Å². The summed E-state index contributed by atoms with van der Waals surface area (Å²) in [4.78, 5) is 11.5. The van der Waals surface area contributed by atoms with Crippen LogP contribution in [0.15, 0.2) is 17.0 Å². The fourth-order valence-electron chi connectivity index (χ4n) is 2.82. The minimum absolute atomic E-state index is 0.275. The summed E-state index contributed by atoms with van der Waals surface area (Å²) in [7, 11) is 0. The lowest BCUT2D eigenvalue weighted by Crippen LogP contribution is -2.14. The van der Waals surface area contributed by atoms with E-state index in [2.05, 4.69) is 20.1 Å². The van der Waals surface area contributed by atoms with Gasteiger partial charge in [-0.15, -0.1) is 0 Å². The summed E-state index contributed by atoms with van der Waals surface area (Å²) < 4.78 is 5.35. The van der Waals surface area contributed by atoms with Crippen LogP contribution < -0.4 is 5.73 Å². The molecule has 1 aliphatic carbocycles. The molecule has 2 aromatic rings. The second-order valence-corrected chi connectivity index (χ2v) is 5.57. The fourth-order valence-corrected chi connectivity index (χ4v) is 2.82. The molecule has 0 radical (unpaired) electrons. The predicted octanol–water partition coefficient (Wildman–Crippen LogP) is 2.47. The van der Waals surface area contributed by atoms with Crippen LogP contribution in [0.25, 0.3) is 0 Å². The standard InChI is InChI=1S/C14H21N5O/c15-12(7-11-8-16-9-17-11)14-18-13(19-20-14)10-5-3-1-2-4-6-10/h8-10,12H,1-7,15H2,(H,16,17). The van der Waals surface area contributed by atoms with Crippen molar-refractivity contribution in [1.29, 1.82) is 0 Å². The molecule has 0 amide bonds. The number of nitrogens with one attached hydrogen (secondary N) is 1. The van der Waals surface area contributed by atoms with Crippen molar-refractivity contribution in [3.05, 3.63) is 29.9 Å². The van der Waals surface area contributed by atoms with E-state index in [1.54, 1.807) is 12.5 Å². The molecule has 3 rings (SSSR count). The lowest BCUT2D eigenvalue weighted by molar-refractivity contribution is 0.345. The quantitative estimate of drug-likeness (QED) is 0.836. The lowest BCUT2D eigenvalue weighted by Gasteiger charge is -2.08. The van der Waals surface area contributed by atoms with Crippen molar-refractivity contribution in [3.8, 4) is 0 Å². The van der Waals surface area contributed by atoms with Gasteiger partial charge in [0.05, 0.1) is 12.4 Å². The van der Waals surface area contributed by atoms with Crippen molar-refractivity contribution in [1.82, 2.24) is 20.1 Å². The van der Waals surface area contributed by atoms with Crippen molar-refractivity contribution in [2.45, 2.75) is 56.9 Å². The molecule has 20 heavy (non-hydrogen) atoms. The van der Waals surface area contributed by atoms with Gasteiger partial charge in [0.15, 0.2) is 5.82 Å². The number of imidazole rings is 1. The molecule has 1 unspecified atom stereocenters. The molecule has 1 atom stereocenters. The van der Waals surface area contributed by atoms with Crippen molar-refractivity contribution in [2.75, 3.05) is 0 Å². The number of hydrogen-bond donors (Lipinski definition) is 2. The monoisotopic (exact) mass is 275 g/mol. The topological polar surface area (TPSA) is 93.6 Å². The van der Waals surface area contributed by atoms with E-state index < -0.39 is 0 Å². The van der Waals surface area contributed by atoms with Crippen LogP contribution in [0.3, 0.4) is 0 Å². The molecular formula is C14H21N5O. The third-order valence-corrected chi connectivity index (χ3v) is 3.99. The van der Waals surface area contributed by atoms with Gasteiger partial charge >= 0.3 is 0 Å². The predicted molar refractivity (Wildman–Crippen MR) is 74.0 cm³/mol. The zero-order valence-corrected chi connectivity index (χ0v) is 11.6. The number of aromatic amines is 1. The first-order valence-corrected chi connectivity index (χ1v) is 7.39. The Morgan fingerprint density at radius 3 is 2.80 bits per heavy atom. The van der Waals surface area contributed by atoms with Crippen LogP contribution in [0, 0.1) is 0 Å². The SMILES string of the molecule is NC(Cc1cnc[nH]1)c1nc(C2CCCCCC2)no1. The van der Waals surface area contributed by atoms with Gasteiger partial charge in [-0.25, -0.2) is 4.98 Å². The third-order valence-electron chi connectivity index (χ3n) is 3.99. The van der Waals surface area contributed by atoms with Gasteiger partial charge in [0, 0.05) is 24.2 Å². The van der Waals surface area contributed by atoms with E-state index in [4.69, 9.17) is 10.3 Å². The maximum absolute atomic E-state index is 6.12. The Labute approximate surface area is 118 Å². The Hall–Kier alpha value is -1.69. The number of H-pyrrole nitrogens is 1. The number of aromatic nitrogens is 4. The normalized spacial score (nSPS) is 18.9. The van der Waals surface area contributed by atoms with Crippen molar-refractivity contribution in [2.24, 2.45) is 5.73 Å². The van der Waals surface area contributed by atoms with Gasteiger partial charge < -0.3 is 15.2 Å². The molecule has 108 valence electrons. The van der Waals surface area contributed by atoms with Crippen LogP contribution in [-0.2, 0) is 6.42 Å². The average Bonchev–Trinajstić information content (AvgIpc) is 3.06. The molecule has 1 fully saturated rings. The number of rotatable bonds is 4. The highest BCUT2D eigenvalue weighted by atomic mass is 16.5. The highest BCUT2D eigenvalue weighted by molar-refractivity contribution is 5.04. The largest absolute Gasteiger partial charge is 0.348 e. The van der Waals surface area contributed by atoms with Crippen molar-refractivity contribution < 1.29 is 4.52 Å². The molecule has 6 heteroatoms. The smallest absolute Gasteiger partial charge is 0.243 e. The van der Waals surface area contributed by atoms with Crippen LogP contribution in [0.4, 0.5) is 0 Å². The van der Waals surface area contributed by atoms with Crippen LogP contribution in [0.1, 0.15) is 67.9 Å². The lowest BCUT2D eigenvalue weighted by atomic mass is 10.00. The summed E-state index contributed by atoms with van der Waals surface area (Å²) in [5, 5.41) is 4.14. The van der Waals surface area contributed by atoms with Gasteiger partial charge in [0.25, 0.3) is 0 Å². The highest BCUT2D eigenvalue weighted by Crippen LogP contribution is 2.30. The van der Waals surface area contributed by atoms with E-state index in [-0.39, 0.29) is 6.04 Å². The molecular weight excluding hydrogens is 254 g/mol. The summed E-state index contributed by atoms with van der Waals surface area (Å²) in [6.07, 6.45) is 11.5. The van der Waals surface area contributed by atoms with Crippen molar-refractivity contribution >= 4 is 0 Å². The second-order valence-electron chi connectivity index (χ2n) is 5.57. The van der Waals surface area contributed by atoms with Crippen LogP contribution in [0.2, 0.25) is 0 Å². The summed E-state index contributed by atoms with van der Waals surface area (Å²) in [6.45, 7) is 0. The Kier molecular flexibility index (Phi) is 4.11. The summed E-state index contributed by atoms with van der Waals surface area (Å²) in [5.74, 6) is 1.80. The molecule has 0 aliphatic heterocycles. The third kappa shape index (κ3) is 3.07. The number of nitrogens with two attached hydrogens (primary N) is 1. The average molecular weight is 275 g/mol. The second kappa shape index (κ2) is 6.17. The first-order valence-electron chi connectivity index (χ1n) is 7.39. The molecule has 2 aromatic heterocycles. The number of nitrogens with zero attached hydrogens (tertiary/aromatic N) is 3. The summed E-state index contributed by atoms with van der Waals surface area (Å²) in [5.41, 5.74) is 7.09. The fraction of sp³-hybridized carbons (Fsp3) is 0.643. The van der Waals surface area contributed by atoms with Crippen LogP contribution >= 0.6 is 0 Å². The Balaban J connectivity index is 1.66. The maximum Gasteiger partial charge on any atom is 0.243 e. The Morgan fingerprint density at radius 2 is 2.10 bits per heavy atom. The summed E-state index contributed by atoms with van der Waals surface area (Å²) >= 11 is 0. The first kappa shape index (κ1) is 13.3. The van der Waals surface area contributed by atoms with Crippen LogP contribution in [-0.4, -0.2) is 20.1 Å². The molecule has 3 N–H and O–H groups in total. The Bertz CT molecular complexity index is 513. The van der Waals surface area contributed by atoms with Crippen molar-refractivity contribution in [3.63, 3.8) is 0 Å².